The van der Waals surface area contributed by atoms with Crippen LogP contribution in [0.15, 0.2) is 18.2 Å². The van der Waals surface area contributed by atoms with Gasteiger partial charge in [0.1, 0.15) is 5.60 Å². The predicted octanol–water partition coefficient (Wildman–Crippen LogP) is 4.83. The van der Waals surface area contributed by atoms with Crippen molar-refractivity contribution >= 4 is 11.9 Å². The largest absolute Gasteiger partial charge is 0.490 e. The normalized spacial score (nSPS) is 27.6. The average Bonchev–Trinajstić information content (AvgIpc) is 2.79. The number of carboxylic acids is 1. The number of carbonyl (C=O) groups is 2. The summed E-state index contributed by atoms with van der Waals surface area (Å²) >= 11 is 0. The van der Waals surface area contributed by atoms with E-state index in [4.69, 9.17) is 14.2 Å². The van der Waals surface area contributed by atoms with Gasteiger partial charge in [-0.3, -0.25) is 9.59 Å². The minimum absolute atomic E-state index is 0.0152. The number of carbonyl (C=O) groups excluding carboxylic acids is 1. The Morgan fingerprint density at radius 3 is 2.65 bits per heavy atom. The van der Waals surface area contributed by atoms with E-state index in [-0.39, 0.29) is 29.8 Å². The Morgan fingerprint density at radius 2 is 2.00 bits per heavy atom. The number of para-hydroxylation sites is 1. The summed E-state index contributed by atoms with van der Waals surface area (Å²) in [5.74, 6) is 1.17. The van der Waals surface area contributed by atoms with Crippen molar-refractivity contribution in [2.75, 3.05) is 26.3 Å². The second kappa shape index (κ2) is 9.76. The summed E-state index contributed by atoms with van der Waals surface area (Å²) in [5, 5.41) is 9.43. The van der Waals surface area contributed by atoms with Crippen LogP contribution in [-0.4, -0.2) is 53.8 Å². The van der Waals surface area contributed by atoms with Crippen molar-refractivity contribution in [2.45, 2.75) is 77.9 Å². The molecule has 188 valence electrons. The molecule has 34 heavy (non-hydrogen) atoms. The highest BCUT2D eigenvalue weighted by molar-refractivity contribution is 5.76. The monoisotopic (exact) mass is 473 g/mol. The van der Waals surface area contributed by atoms with Crippen LogP contribution < -0.4 is 9.47 Å². The summed E-state index contributed by atoms with van der Waals surface area (Å²) in [6, 6.07) is 5.91. The first-order valence-corrected chi connectivity index (χ1v) is 12.7. The van der Waals surface area contributed by atoms with Gasteiger partial charge in [-0.1, -0.05) is 26.0 Å². The van der Waals surface area contributed by atoms with Gasteiger partial charge >= 0.3 is 5.97 Å². The molecule has 4 rings (SSSR count). The Kier molecular flexibility index (Phi) is 7.13. The quantitative estimate of drug-likeness (QED) is 0.610. The number of nitrogens with zero attached hydrogens (tertiary/aromatic N) is 1. The molecule has 0 aromatic heterocycles. The van der Waals surface area contributed by atoms with Crippen LogP contribution in [-0.2, 0) is 14.3 Å². The van der Waals surface area contributed by atoms with Crippen LogP contribution in [0.25, 0.3) is 0 Å². The van der Waals surface area contributed by atoms with Crippen molar-refractivity contribution in [1.82, 2.24) is 4.90 Å². The zero-order valence-corrected chi connectivity index (χ0v) is 21.0. The highest BCUT2D eigenvalue weighted by atomic mass is 16.5. The molecule has 2 fully saturated rings. The first kappa shape index (κ1) is 24.8. The van der Waals surface area contributed by atoms with E-state index >= 15 is 0 Å². The summed E-state index contributed by atoms with van der Waals surface area (Å²) < 4.78 is 19.1. The van der Waals surface area contributed by atoms with Crippen LogP contribution >= 0.6 is 0 Å². The lowest BCUT2D eigenvalue weighted by atomic mass is 9.63. The van der Waals surface area contributed by atoms with Crippen LogP contribution in [0.1, 0.15) is 77.9 Å². The lowest BCUT2D eigenvalue weighted by Crippen LogP contribution is -2.56. The lowest BCUT2D eigenvalue weighted by molar-refractivity contribution is -0.183. The Balaban J connectivity index is 1.58. The summed E-state index contributed by atoms with van der Waals surface area (Å²) in [7, 11) is 0. The summed E-state index contributed by atoms with van der Waals surface area (Å²) in [5.41, 5.74) is 0.295. The maximum atomic E-state index is 12.6. The molecule has 3 aliphatic heterocycles. The first-order valence-electron chi connectivity index (χ1n) is 12.7. The number of likely N-dealkylation sites (tertiary alicyclic amines) is 1. The molecule has 0 aliphatic carbocycles. The van der Waals surface area contributed by atoms with Crippen molar-refractivity contribution in [3.05, 3.63) is 23.8 Å². The second-order valence-electron chi connectivity index (χ2n) is 10.9. The van der Waals surface area contributed by atoms with Gasteiger partial charge < -0.3 is 24.2 Å². The highest BCUT2D eigenvalue weighted by Gasteiger charge is 2.55. The number of rotatable bonds is 7. The molecule has 7 heteroatoms. The number of ether oxygens (including phenoxy) is 3. The Hall–Kier alpha value is -2.28. The predicted molar refractivity (Wildman–Crippen MR) is 128 cm³/mol. The molecule has 0 bridgehead atoms. The molecule has 1 aromatic rings. The van der Waals surface area contributed by atoms with Crippen LogP contribution in [0, 0.1) is 17.3 Å². The zero-order chi connectivity index (χ0) is 24.5. The number of carboxylic acid groups (broad SMARTS) is 1. The summed E-state index contributed by atoms with van der Waals surface area (Å²) in [4.78, 5) is 26.1. The third-order valence-electron chi connectivity index (χ3n) is 7.92. The molecule has 0 radical (unpaired) electrons. The third kappa shape index (κ3) is 4.90. The van der Waals surface area contributed by atoms with E-state index in [0.29, 0.717) is 43.5 Å². The topological polar surface area (TPSA) is 85.3 Å². The maximum absolute atomic E-state index is 12.6. The molecular formula is C27H39NO6. The molecular weight excluding hydrogens is 434 g/mol. The van der Waals surface area contributed by atoms with Gasteiger partial charge in [0.15, 0.2) is 11.5 Å². The van der Waals surface area contributed by atoms with Crippen molar-refractivity contribution < 1.29 is 28.9 Å². The van der Waals surface area contributed by atoms with Gasteiger partial charge in [0.05, 0.1) is 19.3 Å². The number of hydrogen-bond donors (Lipinski definition) is 1. The molecule has 2 saturated heterocycles. The lowest BCUT2D eigenvalue weighted by Gasteiger charge is -2.55. The molecule has 3 atom stereocenters. The molecule has 0 unspecified atom stereocenters. The van der Waals surface area contributed by atoms with Crippen LogP contribution in [0.5, 0.6) is 11.5 Å². The smallest absolute Gasteiger partial charge is 0.303 e. The standard InChI is InChI=1S/C27H39NO6/c1-5-32-21-8-6-7-19-24-20(26(4,34-25(19)21)10-9-23(30)31)16-27(17-33-24)11-13-28(14-12-27)22(29)15-18(2)3/h6-8,18,20,24H,5,9-17H2,1-4H3,(H,30,31)/t20-,24+,26+/m0/s1. The molecule has 3 heterocycles. The van der Waals surface area contributed by atoms with E-state index in [1.807, 2.05) is 36.9 Å². The van der Waals surface area contributed by atoms with E-state index in [9.17, 15) is 14.7 Å². The van der Waals surface area contributed by atoms with Crippen molar-refractivity contribution in [2.24, 2.45) is 17.3 Å². The Morgan fingerprint density at radius 1 is 1.26 bits per heavy atom. The van der Waals surface area contributed by atoms with Gasteiger partial charge in [-0.05, 0) is 56.9 Å². The van der Waals surface area contributed by atoms with E-state index in [1.165, 1.54) is 0 Å². The number of amides is 1. The van der Waals surface area contributed by atoms with Gasteiger partial charge in [0.25, 0.3) is 0 Å². The van der Waals surface area contributed by atoms with E-state index < -0.39 is 11.6 Å². The molecule has 7 nitrogen and oxygen atoms in total. The molecule has 0 saturated carbocycles. The van der Waals surface area contributed by atoms with E-state index in [1.54, 1.807) is 0 Å². The summed E-state index contributed by atoms with van der Waals surface area (Å²) in [6.45, 7) is 10.8. The van der Waals surface area contributed by atoms with Crippen LogP contribution in [0.2, 0.25) is 0 Å². The van der Waals surface area contributed by atoms with Gasteiger partial charge in [-0.2, -0.15) is 0 Å². The van der Waals surface area contributed by atoms with Crippen molar-refractivity contribution in [3.8, 4) is 11.5 Å². The molecule has 3 aliphatic rings. The molecule has 1 amide bonds. The highest BCUT2D eigenvalue weighted by Crippen LogP contribution is 2.58. The maximum Gasteiger partial charge on any atom is 0.303 e. The average molecular weight is 474 g/mol. The third-order valence-corrected chi connectivity index (χ3v) is 7.92. The summed E-state index contributed by atoms with van der Waals surface area (Å²) in [6.07, 6.45) is 3.58. The number of fused-ring (bicyclic) bond motifs is 3. The number of piperidine rings is 1. The van der Waals surface area contributed by atoms with Crippen LogP contribution in [0.4, 0.5) is 0 Å². The Bertz CT molecular complexity index is 906. The molecule has 1 spiro atoms. The fourth-order valence-corrected chi connectivity index (χ4v) is 5.95. The number of benzene rings is 1. The number of hydrogen-bond acceptors (Lipinski definition) is 5. The van der Waals surface area contributed by atoms with Gasteiger partial charge in [-0.15, -0.1) is 0 Å². The van der Waals surface area contributed by atoms with Crippen molar-refractivity contribution in [3.63, 3.8) is 0 Å². The first-order chi connectivity index (χ1) is 16.2. The second-order valence-corrected chi connectivity index (χ2v) is 10.9. The minimum Gasteiger partial charge on any atom is -0.490 e. The van der Waals surface area contributed by atoms with Crippen molar-refractivity contribution in [1.29, 1.82) is 0 Å². The van der Waals surface area contributed by atoms with Gasteiger partial charge in [0, 0.05) is 37.4 Å². The van der Waals surface area contributed by atoms with E-state index in [2.05, 4.69) is 13.8 Å². The fraction of sp³-hybridized carbons (Fsp3) is 0.704. The van der Waals surface area contributed by atoms with Crippen LogP contribution in [0.3, 0.4) is 0 Å². The zero-order valence-electron chi connectivity index (χ0n) is 21.0. The molecule has 1 aromatic carbocycles. The Labute approximate surface area is 202 Å². The molecule has 1 N–H and O–H groups in total. The minimum atomic E-state index is -0.825. The fourth-order valence-electron chi connectivity index (χ4n) is 5.95. The van der Waals surface area contributed by atoms with Gasteiger partial charge in [-0.25, -0.2) is 0 Å². The van der Waals surface area contributed by atoms with Gasteiger partial charge in [0.2, 0.25) is 5.91 Å². The number of aliphatic carboxylic acids is 1. The SMILES string of the molecule is CCOc1cccc2c1O[C@](C)(CCC(=O)O)[C@H]1CC3(CCN(C(=O)CC(C)C)CC3)CO[C@H]21. The van der Waals surface area contributed by atoms with E-state index in [0.717, 1.165) is 37.9 Å².